The normalized spacial score (nSPS) is 24.2. The van der Waals surface area contributed by atoms with Gasteiger partial charge in [0.05, 0.1) is 29.4 Å². The Labute approximate surface area is 193 Å². The number of anilines is 1. The number of carbonyl (C=O) groups excluding carboxylic acids is 1. The van der Waals surface area contributed by atoms with Crippen LogP contribution in [0.1, 0.15) is 30.9 Å². The average molecular weight is 451 g/mol. The molecule has 3 aliphatic rings. The van der Waals surface area contributed by atoms with Gasteiger partial charge in [0.1, 0.15) is 30.5 Å². The smallest absolute Gasteiger partial charge is 0.147 e. The van der Waals surface area contributed by atoms with Gasteiger partial charge in [-0.05, 0) is 49.6 Å². The molecule has 8 heteroatoms. The van der Waals surface area contributed by atoms with Gasteiger partial charge in [-0.3, -0.25) is 0 Å². The van der Waals surface area contributed by atoms with E-state index in [1.54, 1.807) is 11.2 Å². The zero-order chi connectivity index (χ0) is 22.8. The van der Waals surface area contributed by atoms with Gasteiger partial charge in [0, 0.05) is 44.8 Å². The van der Waals surface area contributed by atoms with Crippen molar-refractivity contribution in [1.29, 1.82) is 0 Å². The van der Waals surface area contributed by atoms with E-state index >= 15 is 0 Å². The zero-order valence-corrected chi connectivity index (χ0v) is 18.9. The Balaban J connectivity index is 1.45. The number of likely N-dealkylation sites (N-methyl/N-ethyl adjacent to an activating group) is 1. The number of fused-ring (bicyclic) bond motifs is 1. The predicted molar refractivity (Wildman–Crippen MR) is 126 cm³/mol. The topological polar surface area (TPSA) is 87.5 Å². The Bertz CT molecular complexity index is 1020. The molecule has 1 aromatic carbocycles. The van der Waals surface area contributed by atoms with Crippen LogP contribution in [0.3, 0.4) is 0 Å². The molecular formula is C25H30N4O4. The van der Waals surface area contributed by atoms with E-state index in [0.29, 0.717) is 13.2 Å². The van der Waals surface area contributed by atoms with Crippen molar-refractivity contribution >= 4 is 24.1 Å². The summed E-state index contributed by atoms with van der Waals surface area (Å²) in [6.07, 6.45) is 5.86. The lowest BCUT2D eigenvalue weighted by Crippen LogP contribution is -2.31. The van der Waals surface area contributed by atoms with Crippen molar-refractivity contribution in [3.05, 3.63) is 35.9 Å². The first-order chi connectivity index (χ1) is 16.2. The summed E-state index contributed by atoms with van der Waals surface area (Å²) >= 11 is 0. The molecule has 8 nitrogen and oxygen atoms in total. The number of aliphatic hydroxyl groups is 1. The molecule has 0 spiro atoms. The van der Waals surface area contributed by atoms with Crippen LogP contribution in [-0.2, 0) is 9.53 Å². The number of hydrogen-bond donors (Lipinski definition) is 1. The van der Waals surface area contributed by atoms with Gasteiger partial charge in [-0.15, -0.1) is 0 Å². The zero-order valence-electron chi connectivity index (χ0n) is 18.9. The van der Waals surface area contributed by atoms with E-state index < -0.39 is 6.04 Å². The Kier molecular flexibility index (Phi) is 6.28. The van der Waals surface area contributed by atoms with Crippen LogP contribution in [0.15, 0.2) is 35.3 Å². The van der Waals surface area contributed by atoms with Crippen LogP contribution in [0, 0.1) is 5.92 Å². The highest BCUT2D eigenvalue weighted by atomic mass is 16.5. The molecule has 1 N–H and O–H groups in total. The lowest BCUT2D eigenvalue weighted by atomic mass is 10.0. The molecule has 2 fully saturated rings. The van der Waals surface area contributed by atoms with Crippen molar-refractivity contribution in [3.8, 4) is 17.0 Å². The summed E-state index contributed by atoms with van der Waals surface area (Å²) in [5.41, 5.74) is 3.34. The number of hydrogen-bond acceptors (Lipinski definition) is 8. The first kappa shape index (κ1) is 21.9. The fourth-order valence-corrected chi connectivity index (χ4v) is 4.76. The molecule has 2 saturated heterocycles. The van der Waals surface area contributed by atoms with Crippen LogP contribution in [0.5, 0.6) is 5.75 Å². The van der Waals surface area contributed by atoms with Crippen molar-refractivity contribution in [2.24, 2.45) is 10.9 Å². The lowest BCUT2D eigenvalue weighted by molar-refractivity contribution is -0.111. The number of aromatic nitrogens is 1. The molecule has 3 unspecified atom stereocenters. The minimum Gasteiger partial charge on any atom is -0.491 e. The molecule has 0 bridgehead atoms. The third-order valence-corrected chi connectivity index (χ3v) is 6.71. The highest BCUT2D eigenvalue weighted by Crippen LogP contribution is 2.41. The fourth-order valence-electron chi connectivity index (χ4n) is 4.76. The quantitative estimate of drug-likeness (QED) is 0.649. The van der Waals surface area contributed by atoms with Crippen molar-refractivity contribution < 1.29 is 19.4 Å². The standard InChI is InChI=1S/C25H30N4O4/c1-28-16-26-22-11-21(18-4-6-19(7-5-18)33-15-20-3-2-10-32-20)27-25(24(22)23(28)14-31)29-9-8-17(12-29)13-30/h4-7,11,14,16-17,20,23,30H,2-3,8-10,12-13,15H2,1H3. The Hall–Kier alpha value is -2.97. The molecule has 2 aromatic rings. The molecule has 0 saturated carbocycles. The third-order valence-electron chi connectivity index (χ3n) is 6.71. The van der Waals surface area contributed by atoms with Gasteiger partial charge in [-0.1, -0.05) is 0 Å². The summed E-state index contributed by atoms with van der Waals surface area (Å²) in [4.78, 5) is 25.5. The van der Waals surface area contributed by atoms with E-state index in [9.17, 15) is 9.90 Å². The Morgan fingerprint density at radius 1 is 1.27 bits per heavy atom. The van der Waals surface area contributed by atoms with Crippen LogP contribution in [0.4, 0.5) is 11.5 Å². The van der Waals surface area contributed by atoms with Gasteiger partial charge < -0.3 is 29.2 Å². The Morgan fingerprint density at radius 3 is 2.82 bits per heavy atom. The maximum Gasteiger partial charge on any atom is 0.147 e. The number of ether oxygens (including phenoxy) is 2. The van der Waals surface area contributed by atoms with Gasteiger partial charge in [0.2, 0.25) is 0 Å². The van der Waals surface area contributed by atoms with Crippen molar-refractivity contribution in [3.63, 3.8) is 0 Å². The molecule has 0 amide bonds. The second kappa shape index (κ2) is 9.49. The van der Waals surface area contributed by atoms with Crippen molar-refractivity contribution in [2.75, 3.05) is 44.9 Å². The van der Waals surface area contributed by atoms with Crippen LogP contribution in [0.2, 0.25) is 0 Å². The third kappa shape index (κ3) is 4.45. The number of pyridine rings is 1. The van der Waals surface area contributed by atoms with E-state index in [4.69, 9.17) is 14.5 Å². The van der Waals surface area contributed by atoms with Gasteiger partial charge in [-0.25, -0.2) is 9.98 Å². The van der Waals surface area contributed by atoms with Gasteiger partial charge >= 0.3 is 0 Å². The number of benzene rings is 1. The number of aliphatic hydroxyl groups excluding tert-OH is 1. The molecular weight excluding hydrogens is 420 g/mol. The highest BCUT2D eigenvalue weighted by molar-refractivity contribution is 5.84. The van der Waals surface area contributed by atoms with Gasteiger partial charge in [0.15, 0.2) is 0 Å². The fraction of sp³-hybridized carbons (Fsp3) is 0.480. The molecule has 33 heavy (non-hydrogen) atoms. The number of aldehydes is 1. The molecule has 0 radical (unpaired) electrons. The van der Waals surface area contributed by atoms with Crippen LogP contribution >= 0.6 is 0 Å². The molecule has 4 heterocycles. The number of nitrogens with zero attached hydrogens (tertiary/aromatic N) is 4. The second-order valence-corrected chi connectivity index (χ2v) is 9.01. The van der Waals surface area contributed by atoms with E-state index in [2.05, 4.69) is 9.89 Å². The predicted octanol–water partition coefficient (Wildman–Crippen LogP) is 2.97. The maximum absolute atomic E-state index is 12.0. The molecule has 3 aliphatic heterocycles. The summed E-state index contributed by atoms with van der Waals surface area (Å²) < 4.78 is 11.5. The molecule has 5 rings (SSSR count). The molecule has 1 aromatic heterocycles. The summed E-state index contributed by atoms with van der Waals surface area (Å²) in [6.45, 7) is 3.05. The number of carbonyl (C=O) groups is 1. The Morgan fingerprint density at radius 2 is 2.12 bits per heavy atom. The van der Waals surface area contributed by atoms with E-state index in [-0.39, 0.29) is 18.6 Å². The van der Waals surface area contributed by atoms with Gasteiger partial charge in [-0.2, -0.15) is 0 Å². The first-order valence-electron chi connectivity index (χ1n) is 11.6. The van der Waals surface area contributed by atoms with Crippen molar-refractivity contribution in [1.82, 2.24) is 9.88 Å². The highest BCUT2D eigenvalue weighted by Gasteiger charge is 2.32. The van der Waals surface area contributed by atoms with Crippen LogP contribution in [-0.4, -0.2) is 73.7 Å². The van der Waals surface area contributed by atoms with Crippen LogP contribution in [0.25, 0.3) is 11.3 Å². The second-order valence-electron chi connectivity index (χ2n) is 9.01. The van der Waals surface area contributed by atoms with E-state index in [1.165, 1.54) is 0 Å². The summed E-state index contributed by atoms with van der Waals surface area (Å²) in [7, 11) is 1.85. The average Bonchev–Trinajstić information content (AvgIpc) is 3.55. The SMILES string of the molecule is CN1C=Nc2cc(-c3ccc(OCC4CCCO4)cc3)nc(N3CCC(CO)C3)c2C1C=O. The van der Waals surface area contributed by atoms with Crippen molar-refractivity contribution in [2.45, 2.75) is 31.4 Å². The number of aliphatic imine (C=N–C) groups is 1. The van der Waals surface area contributed by atoms with Crippen LogP contribution < -0.4 is 9.64 Å². The molecule has 3 atom stereocenters. The van der Waals surface area contributed by atoms with E-state index in [1.807, 2.05) is 37.4 Å². The largest absolute Gasteiger partial charge is 0.491 e. The molecule has 174 valence electrons. The summed E-state index contributed by atoms with van der Waals surface area (Å²) in [5, 5.41) is 9.63. The van der Waals surface area contributed by atoms with E-state index in [0.717, 1.165) is 72.8 Å². The minimum absolute atomic E-state index is 0.154. The summed E-state index contributed by atoms with van der Waals surface area (Å²) in [6, 6.07) is 9.41. The van der Waals surface area contributed by atoms with Gasteiger partial charge in [0.25, 0.3) is 0 Å². The minimum atomic E-state index is -0.434. The summed E-state index contributed by atoms with van der Waals surface area (Å²) in [5.74, 6) is 1.79. The lowest BCUT2D eigenvalue weighted by Gasteiger charge is -2.31. The number of rotatable bonds is 7. The maximum atomic E-state index is 12.0. The monoisotopic (exact) mass is 450 g/mol. The first-order valence-corrected chi connectivity index (χ1v) is 11.6. The molecule has 0 aliphatic carbocycles.